The number of rotatable bonds is 4. The molecule has 0 aliphatic carbocycles. The zero-order valence-electron chi connectivity index (χ0n) is 14.3. The van der Waals surface area contributed by atoms with Crippen molar-refractivity contribution < 1.29 is 0 Å². The minimum Gasteiger partial charge on any atom is -0.357 e. The average molecular weight is 341 g/mol. The van der Waals surface area contributed by atoms with Crippen molar-refractivity contribution in [1.82, 2.24) is 15.2 Å². The van der Waals surface area contributed by atoms with Gasteiger partial charge in [-0.25, -0.2) is 9.98 Å². The molecule has 1 saturated heterocycles. The summed E-state index contributed by atoms with van der Waals surface area (Å²) < 4.78 is 0. The molecule has 1 unspecified atom stereocenters. The second kappa shape index (κ2) is 8.20. The summed E-state index contributed by atoms with van der Waals surface area (Å²) >= 11 is 3.85. The van der Waals surface area contributed by atoms with E-state index in [4.69, 9.17) is 4.99 Å². The van der Waals surface area contributed by atoms with Crippen molar-refractivity contribution in [2.24, 2.45) is 10.9 Å². The molecule has 1 N–H and O–H groups in total. The van der Waals surface area contributed by atoms with E-state index in [1.54, 1.807) is 11.3 Å². The fourth-order valence-corrected chi connectivity index (χ4v) is 4.60. The highest BCUT2D eigenvalue weighted by Gasteiger charge is 2.24. The van der Waals surface area contributed by atoms with E-state index in [2.05, 4.69) is 61.6 Å². The van der Waals surface area contributed by atoms with E-state index in [9.17, 15) is 0 Å². The number of guanidine groups is 1. The topological polar surface area (TPSA) is 40.5 Å². The Bertz CT molecular complexity index is 491. The van der Waals surface area contributed by atoms with Gasteiger partial charge in [-0.3, -0.25) is 0 Å². The summed E-state index contributed by atoms with van der Waals surface area (Å²) in [6, 6.07) is 0. The van der Waals surface area contributed by atoms with E-state index in [1.807, 2.05) is 0 Å². The summed E-state index contributed by atoms with van der Waals surface area (Å²) in [6.45, 7) is 14.7. The zero-order chi connectivity index (χ0) is 16.1. The maximum atomic E-state index is 4.83. The molecule has 4 nitrogen and oxygen atoms in total. The monoisotopic (exact) mass is 340 g/mol. The van der Waals surface area contributed by atoms with E-state index in [1.165, 1.54) is 10.6 Å². The van der Waals surface area contributed by atoms with E-state index in [-0.39, 0.29) is 0 Å². The summed E-state index contributed by atoms with van der Waals surface area (Å²) in [7, 11) is 0. The Balaban J connectivity index is 2.06. The first-order chi connectivity index (χ1) is 10.5. The molecule has 1 atom stereocenters. The summed E-state index contributed by atoms with van der Waals surface area (Å²) in [5.41, 5.74) is 1.13. The van der Waals surface area contributed by atoms with Crippen LogP contribution >= 0.6 is 23.1 Å². The number of nitrogens with zero attached hydrogens (tertiary/aromatic N) is 3. The molecule has 22 heavy (non-hydrogen) atoms. The van der Waals surface area contributed by atoms with Gasteiger partial charge in [0.05, 0.1) is 12.2 Å². The molecule has 0 amide bonds. The van der Waals surface area contributed by atoms with Crippen LogP contribution in [0.3, 0.4) is 0 Å². The largest absolute Gasteiger partial charge is 0.357 e. The number of aromatic nitrogens is 1. The smallest absolute Gasteiger partial charge is 0.194 e. The van der Waals surface area contributed by atoms with Gasteiger partial charge in [0.2, 0.25) is 0 Å². The molecule has 2 heterocycles. The molecule has 1 fully saturated rings. The highest BCUT2D eigenvalue weighted by atomic mass is 32.2. The van der Waals surface area contributed by atoms with Crippen molar-refractivity contribution in [3.8, 4) is 0 Å². The highest BCUT2D eigenvalue weighted by Crippen LogP contribution is 2.25. The maximum Gasteiger partial charge on any atom is 0.194 e. The van der Waals surface area contributed by atoms with Gasteiger partial charge in [0.25, 0.3) is 0 Å². The van der Waals surface area contributed by atoms with Crippen LogP contribution in [0.2, 0.25) is 0 Å². The molecule has 0 saturated carbocycles. The van der Waals surface area contributed by atoms with E-state index in [0.29, 0.717) is 17.7 Å². The third kappa shape index (κ3) is 4.62. The fourth-order valence-electron chi connectivity index (χ4n) is 2.45. The Kier molecular flexibility index (Phi) is 6.56. The summed E-state index contributed by atoms with van der Waals surface area (Å²) in [6.07, 6.45) is 0. The lowest BCUT2D eigenvalue weighted by molar-refractivity contribution is 0.381. The Labute approximate surface area is 142 Å². The maximum absolute atomic E-state index is 4.83. The fraction of sp³-hybridized carbons (Fsp3) is 0.750. The van der Waals surface area contributed by atoms with Crippen molar-refractivity contribution in [2.45, 2.75) is 46.4 Å². The van der Waals surface area contributed by atoms with Gasteiger partial charge in [-0.05, 0) is 26.7 Å². The number of nitrogens with one attached hydrogen (secondary N) is 1. The van der Waals surface area contributed by atoms with Crippen molar-refractivity contribution in [1.29, 1.82) is 0 Å². The van der Waals surface area contributed by atoms with Gasteiger partial charge in [0, 0.05) is 35.5 Å². The molecule has 1 aromatic heterocycles. The molecule has 1 aliphatic heterocycles. The van der Waals surface area contributed by atoms with Crippen LogP contribution in [0.5, 0.6) is 0 Å². The Morgan fingerprint density at radius 2 is 2.23 bits per heavy atom. The molecular formula is C16H28N4S2. The molecule has 1 aliphatic rings. The number of aryl methyl sites for hydroxylation is 2. The summed E-state index contributed by atoms with van der Waals surface area (Å²) in [5.74, 6) is 2.93. The van der Waals surface area contributed by atoms with Gasteiger partial charge in [-0.2, -0.15) is 11.8 Å². The average Bonchev–Trinajstić information content (AvgIpc) is 2.82. The molecule has 0 bridgehead atoms. The van der Waals surface area contributed by atoms with Gasteiger partial charge < -0.3 is 10.2 Å². The molecular weight excluding hydrogens is 312 g/mol. The van der Waals surface area contributed by atoms with Crippen molar-refractivity contribution in [2.75, 3.05) is 25.4 Å². The van der Waals surface area contributed by atoms with Crippen LogP contribution in [-0.4, -0.2) is 46.5 Å². The van der Waals surface area contributed by atoms with Crippen LogP contribution in [0.15, 0.2) is 4.99 Å². The van der Waals surface area contributed by atoms with E-state index in [0.717, 1.165) is 36.3 Å². The van der Waals surface area contributed by atoms with Crippen molar-refractivity contribution >= 4 is 29.1 Å². The predicted molar refractivity (Wildman–Crippen MR) is 99.1 cm³/mol. The highest BCUT2D eigenvalue weighted by molar-refractivity contribution is 8.00. The van der Waals surface area contributed by atoms with Gasteiger partial charge in [-0.15, -0.1) is 11.3 Å². The lowest BCUT2D eigenvalue weighted by Crippen LogP contribution is -2.49. The summed E-state index contributed by atoms with van der Waals surface area (Å²) in [5, 5.41) is 5.25. The number of thiazole rings is 1. The first-order valence-corrected chi connectivity index (χ1v) is 9.95. The normalized spacial score (nSPS) is 19.8. The van der Waals surface area contributed by atoms with Gasteiger partial charge in [0.1, 0.15) is 5.01 Å². The predicted octanol–water partition coefficient (Wildman–Crippen LogP) is 3.30. The second-order valence-corrected chi connectivity index (χ2v) is 8.65. The van der Waals surface area contributed by atoms with Crippen LogP contribution in [0.4, 0.5) is 0 Å². The Morgan fingerprint density at radius 1 is 1.45 bits per heavy atom. The van der Waals surface area contributed by atoms with Crippen molar-refractivity contribution in [3.63, 3.8) is 0 Å². The van der Waals surface area contributed by atoms with Gasteiger partial charge >= 0.3 is 0 Å². The zero-order valence-corrected chi connectivity index (χ0v) is 16.0. The molecule has 124 valence electrons. The quantitative estimate of drug-likeness (QED) is 0.674. The van der Waals surface area contributed by atoms with Crippen LogP contribution in [-0.2, 0) is 6.54 Å². The Morgan fingerprint density at radius 3 is 2.82 bits per heavy atom. The molecule has 0 aromatic carbocycles. The van der Waals surface area contributed by atoms with Crippen LogP contribution in [0, 0.1) is 19.8 Å². The van der Waals surface area contributed by atoms with Crippen molar-refractivity contribution in [3.05, 3.63) is 15.6 Å². The van der Waals surface area contributed by atoms with E-state index < -0.39 is 0 Å². The first kappa shape index (κ1) is 17.6. The van der Waals surface area contributed by atoms with Gasteiger partial charge in [0.15, 0.2) is 5.96 Å². The summed E-state index contributed by atoms with van der Waals surface area (Å²) in [4.78, 5) is 13.1. The third-order valence-corrected chi connectivity index (χ3v) is 6.51. The number of hydrogen-bond acceptors (Lipinski definition) is 4. The molecule has 0 spiro atoms. The third-order valence-electron chi connectivity index (χ3n) is 3.91. The minimum absolute atomic E-state index is 0.678. The standard InChI is InChI=1S/C16H28N4S2/c1-6-17-16(18-9-15-19-12(4)13(5)22-15)20-7-8-21-14(10-20)11(2)3/h11,14H,6-10H2,1-5H3,(H,17,18). The van der Waals surface area contributed by atoms with Gasteiger partial charge in [-0.1, -0.05) is 13.8 Å². The lowest BCUT2D eigenvalue weighted by Gasteiger charge is -2.36. The van der Waals surface area contributed by atoms with E-state index >= 15 is 0 Å². The molecule has 2 rings (SSSR count). The SMILES string of the molecule is CCNC(=NCc1nc(C)c(C)s1)N1CCSC(C(C)C)C1. The minimum atomic E-state index is 0.678. The number of thioether (sulfide) groups is 1. The Hall–Kier alpha value is -0.750. The number of hydrogen-bond donors (Lipinski definition) is 1. The molecule has 0 radical (unpaired) electrons. The van der Waals surface area contributed by atoms with Crippen LogP contribution < -0.4 is 5.32 Å². The van der Waals surface area contributed by atoms with Crippen LogP contribution in [0.25, 0.3) is 0 Å². The lowest BCUT2D eigenvalue weighted by atomic mass is 10.1. The van der Waals surface area contributed by atoms with Crippen LogP contribution in [0.1, 0.15) is 36.3 Å². The molecule has 6 heteroatoms. The number of aliphatic imine (C=N–C) groups is 1. The first-order valence-electron chi connectivity index (χ1n) is 8.09. The second-order valence-electron chi connectivity index (χ2n) is 6.02. The molecule has 1 aromatic rings.